The van der Waals surface area contributed by atoms with E-state index in [0.29, 0.717) is 12.5 Å². The van der Waals surface area contributed by atoms with E-state index in [1.54, 1.807) is 6.20 Å². The molecule has 0 amide bonds. The molecule has 0 bridgehead atoms. The maximum atomic E-state index is 5.51. The van der Waals surface area contributed by atoms with Crippen molar-refractivity contribution >= 4 is 5.69 Å². The minimum Gasteiger partial charge on any atom is -0.493 e. The van der Waals surface area contributed by atoms with Crippen LogP contribution in [0.25, 0.3) is 0 Å². The molecular weight excluding hydrogens is 252 g/mol. The van der Waals surface area contributed by atoms with Gasteiger partial charge in [0.2, 0.25) is 5.88 Å². The van der Waals surface area contributed by atoms with Gasteiger partial charge in [0, 0.05) is 19.0 Å². The number of hydrogen-bond acceptors (Lipinski definition) is 4. The molecule has 0 aliphatic carbocycles. The van der Waals surface area contributed by atoms with Crippen molar-refractivity contribution in [1.82, 2.24) is 4.98 Å². The second kappa shape index (κ2) is 5.82. The first-order valence-corrected chi connectivity index (χ1v) is 6.92. The van der Waals surface area contributed by atoms with Crippen LogP contribution < -0.4 is 14.8 Å². The van der Waals surface area contributed by atoms with E-state index in [-0.39, 0.29) is 0 Å². The molecule has 104 valence electrons. The number of hydrogen-bond donors (Lipinski definition) is 1. The van der Waals surface area contributed by atoms with Gasteiger partial charge in [0.25, 0.3) is 0 Å². The Balaban J connectivity index is 1.61. The largest absolute Gasteiger partial charge is 0.493 e. The lowest BCUT2D eigenvalue weighted by molar-refractivity contribution is 0.327. The van der Waals surface area contributed by atoms with E-state index >= 15 is 0 Å². The molecule has 1 N–H and O–H groups in total. The molecule has 1 aromatic carbocycles. The van der Waals surface area contributed by atoms with Gasteiger partial charge in [-0.2, -0.15) is 0 Å². The maximum absolute atomic E-state index is 5.51. The Kier molecular flexibility index (Phi) is 3.72. The number of benzene rings is 1. The summed E-state index contributed by atoms with van der Waals surface area (Å²) in [5.74, 6) is 1.68. The zero-order valence-electron chi connectivity index (χ0n) is 11.6. The van der Waals surface area contributed by atoms with Crippen LogP contribution >= 0.6 is 0 Å². The molecule has 0 unspecified atom stereocenters. The van der Waals surface area contributed by atoms with E-state index in [9.17, 15) is 0 Å². The summed E-state index contributed by atoms with van der Waals surface area (Å²) in [4.78, 5) is 4.23. The predicted octanol–water partition coefficient (Wildman–Crippen LogP) is 3.03. The molecule has 1 aromatic heterocycles. The average Bonchev–Trinajstić information content (AvgIpc) is 2.94. The van der Waals surface area contributed by atoms with E-state index in [1.165, 1.54) is 11.1 Å². The predicted molar refractivity (Wildman–Crippen MR) is 78.4 cm³/mol. The number of aromatic nitrogens is 1. The van der Waals surface area contributed by atoms with Gasteiger partial charge >= 0.3 is 0 Å². The van der Waals surface area contributed by atoms with Crippen LogP contribution in [0.3, 0.4) is 0 Å². The van der Waals surface area contributed by atoms with Crippen molar-refractivity contribution in [2.45, 2.75) is 19.9 Å². The van der Waals surface area contributed by atoms with Crippen molar-refractivity contribution in [3.63, 3.8) is 0 Å². The average molecular weight is 270 g/mol. The van der Waals surface area contributed by atoms with Gasteiger partial charge in [-0.1, -0.05) is 12.1 Å². The molecule has 20 heavy (non-hydrogen) atoms. The SMILES string of the molecule is CCOc1ccc(NCc2ccc3c(c2)CCO3)cn1. The summed E-state index contributed by atoms with van der Waals surface area (Å²) < 4.78 is 10.8. The van der Waals surface area contributed by atoms with Crippen molar-refractivity contribution in [2.24, 2.45) is 0 Å². The van der Waals surface area contributed by atoms with E-state index in [4.69, 9.17) is 9.47 Å². The van der Waals surface area contributed by atoms with Crippen LogP contribution in [0, 0.1) is 0 Å². The van der Waals surface area contributed by atoms with Crippen LogP contribution in [0.15, 0.2) is 36.5 Å². The van der Waals surface area contributed by atoms with Crippen LogP contribution in [-0.4, -0.2) is 18.2 Å². The van der Waals surface area contributed by atoms with Crippen LogP contribution in [0.1, 0.15) is 18.1 Å². The van der Waals surface area contributed by atoms with Crippen LogP contribution in [0.5, 0.6) is 11.6 Å². The highest BCUT2D eigenvalue weighted by molar-refractivity contribution is 5.45. The zero-order chi connectivity index (χ0) is 13.8. The molecule has 1 aliphatic heterocycles. The molecule has 4 heteroatoms. The summed E-state index contributed by atoms with van der Waals surface area (Å²) in [6.07, 6.45) is 2.80. The lowest BCUT2D eigenvalue weighted by atomic mass is 10.1. The van der Waals surface area contributed by atoms with Crippen molar-refractivity contribution in [3.05, 3.63) is 47.7 Å². The van der Waals surface area contributed by atoms with E-state index < -0.39 is 0 Å². The summed E-state index contributed by atoms with van der Waals surface area (Å²) in [5, 5.41) is 3.36. The highest BCUT2D eigenvalue weighted by Gasteiger charge is 2.11. The maximum Gasteiger partial charge on any atom is 0.213 e. The normalized spacial score (nSPS) is 12.7. The Hall–Kier alpha value is -2.23. The van der Waals surface area contributed by atoms with Gasteiger partial charge < -0.3 is 14.8 Å². The molecular formula is C16H18N2O2. The number of nitrogens with one attached hydrogen (secondary N) is 1. The van der Waals surface area contributed by atoms with Gasteiger partial charge in [-0.3, -0.25) is 0 Å². The summed E-state index contributed by atoms with van der Waals surface area (Å²) in [6.45, 7) is 4.17. The smallest absolute Gasteiger partial charge is 0.213 e. The van der Waals surface area contributed by atoms with Gasteiger partial charge in [-0.05, 0) is 30.2 Å². The van der Waals surface area contributed by atoms with Crippen molar-refractivity contribution in [2.75, 3.05) is 18.5 Å². The third kappa shape index (κ3) is 2.85. The minimum absolute atomic E-state index is 0.636. The summed E-state index contributed by atoms with van der Waals surface area (Å²) in [7, 11) is 0. The zero-order valence-corrected chi connectivity index (χ0v) is 11.6. The van der Waals surface area contributed by atoms with Crippen LogP contribution in [-0.2, 0) is 13.0 Å². The summed E-state index contributed by atoms with van der Waals surface area (Å²) in [6, 6.07) is 10.2. The molecule has 1 aliphatic rings. The quantitative estimate of drug-likeness (QED) is 0.907. The Bertz CT molecular complexity index is 582. The Morgan fingerprint density at radius 2 is 2.25 bits per heavy atom. The van der Waals surface area contributed by atoms with Crippen molar-refractivity contribution < 1.29 is 9.47 Å². The highest BCUT2D eigenvalue weighted by atomic mass is 16.5. The molecule has 0 spiro atoms. The van der Waals surface area contributed by atoms with E-state index in [0.717, 1.165) is 31.0 Å². The molecule has 0 saturated heterocycles. The van der Waals surface area contributed by atoms with Gasteiger partial charge in [0.15, 0.2) is 0 Å². The van der Waals surface area contributed by atoms with Crippen LogP contribution in [0.4, 0.5) is 5.69 Å². The summed E-state index contributed by atoms with van der Waals surface area (Å²) >= 11 is 0. The van der Waals surface area contributed by atoms with Crippen molar-refractivity contribution in [1.29, 1.82) is 0 Å². The lowest BCUT2D eigenvalue weighted by Gasteiger charge is -2.08. The fourth-order valence-corrected chi connectivity index (χ4v) is 2.27. The first-order valence-electron chi connectivity index (χ1n) is 6.92. The second-order valence-corrected chi connectivity index (χ2v) is 4.71. The molecule has 0 radical (unpaired) electrons. The number of pyridine rings is 1. The first-order chi connectivity index (χ1) is 9.85. The highest BCUT2D eigenvalue weighted by Crippen LogP contribution is 2.26. The molecule has 4 nitrogen and oxygen atoms in total. The fourth-order valence-electron chi connectivity index (χ4n) is 2.27. The number of ether oxygens (including phenoxy) is 2. The number of anilines is 1. The molecule has 3 rings (SSSR count). The summed E-state index contributed by atoms with van der Waals surface area (Å²) in [5.41, 5.74) is 3.54. The van der Waals surface area contributed by atoms with Gasteiger partial charge in [-0.25, -0.2) is 4.98 Å². The topological polar surface area (TPSA) is 43.4 Å². The first kappa shape index (κ1) is 12.8. The molecule has 0 saturated carbocycles. The molecule has 2 aromatic rings. The van der Waals surface area contributed by atoms with E-state index in [2.05, 4.69) is 28.5 Å². The van der Waals surface area contributed by atoms with Gasteiger partial charge in [-0.15, -0.1) is 0 Å². The molecule has 0 atom stereocenters. The molecule has 2 heterocycles. The number of nitrogens with zero attached hydrogens (tertiary/aromatic N) is 1. The minimum atomic E-state index is 0.636. The number of fused-ring (bicyclic) bond motifs is 1. The number of rotatable bonds is 5. The van der Waals surface area contributed by atoms with Gasteiger partial charge in [0.05, 0.1) is 25.1 Å². The third-order valence-corrected chi connectivity index (χ3v) is 3.28. The standard InChI is InChI=1S/C16H18N2O2/c1-2-19-16-6-4-14(11-18-16)17-10-12-3-5-15-13(9-12)7-8-20-15/h3-6,9,11,17H,2,7-8,10H2,1H3. The Labute approximate surface area is 118 Å². The molecule has 0 fully saturated rings. The van der Waals surface area contributed by atoms with Crippen molar-refractivity contribution in [3.8, 4) is 11.6 Å². The third-order valence-electron chi connectivity index (χ3n) is 3.28. The van der Waals surface area contributed by atoms with Gasteiger partial charge in [0.1, 0.15) is 5.75 Å². The van der Waals surface area contributed by atoms with Crippen LogP contribution in [0.2, 0.25) is 0 Å². The van der Waals surface area contributed by atoms with E-state index in [1.807, 2.05) is 19.1 Å². The Morgan fingerprint density at radius 1 is 1.30 bits per heavy atom. The fraction of sp³-hybridized carbons (Fsp3) is 0.312. The second-order valence-electron chi connectivity index (χ2n) is 4.71. The Morgan fingerprint density at radius 3 is 3.05 bits per heavy atom. The lowest BCUT2D eigenvalue weighted by Crippen LogP contribution is -2.01. The monoisotopic (exact) mass is 270 g/mol.